The molecule has 4 rings (SSSR count). The van der Waals surface area contributed by atoms with Crippen LogP contribution in [0.25, 0.3) is 11.1 Å². The molecule has 1 unspecified atom stereocenters. The number of nitrogens with zero attached hydrogens (tertiary/aromatic N) is 1. The molecule has 1 atom stereocenters. The number of anilines is 1. The molecule has 2 amide bonds. The lowest BCUT2D eigenvalue weighted by Gasteiger charge is -2.28. The maximum absolute atomic E-state index is 13.9. The number of nitrogens with one attached hydrogen (secondary N) is 2. The van der Waals surface area contributed by atoms with Crippen LogP contribution >= 0.6 is 0 Å². The van der Waals surface area contributed by atoms with Gasteiger partial charge in [0.25, 0.3) is 11.8 Å². The van der Waals surface area contributed by atoms with Crippen molar-refractivity contribution in [1.29, 1.82) is 0 Å². The molecule has 0 aliphatic rings. The van der Waals surface area contributed by atoms with E-state index in [0.717, 1.165) is 39.4 Å². The van der Waals surface area contributed by atoms with E-state index in [1.54, 1.807) is 33.5 Å². The van der Waals surface area contributed by atoms with Gasteiger partial charge in [-0.15, -0.1) is 0 Å². The van der Waals surface area contributed by atoms with E-state index in [-0.39, 0.29) is 11.8 Å². The molecule has 4 aromatic carbocycles. The van der Waals surface area contributed by atoms with Crippen LogP contribution in [0.2, 0.25) is 0 Å². The third kappa shape index (κ3) is 7.40. The van der Waals surface area contributed by atoms with Crippen LogP contribution in [0, 0.1) is 6.92 Å². The van der Waals surface area contributed by atoms with E-state index in [2.05, 4.69) is 10.7 Å². The highest BCUT2D eigenvalue weighted by atomic mass is 16.5. The summed E-state index contributed by atoms with van der Waals surface area (Å²) in [7, 11) is 4.86. The summed E-state index contributed by atoms with van der Waals surface area (Å²) >= 11 is 0. The van der Waals surface area contributed by atoms with Gasteiger partial charge in [-0.1, -0.05) is 42.0 Å². The molecular weight excluding hydrogens is 530 g/mol. The summed E-state index contributed by atoms with van der Waals surface area (Å²) in [4.78, 5) is 27.1. The second kappa shape index (κ2) is 14.1. The molecule has 4 aromatic rings. The van der Waals surface area contributed by atoms with Crippen LogP contribution in [-0.2, 0) is 11.2 Å². The van der Waals surface area contributed by atoms with Crippen molar-refractivity contribution in [3.63, 3.8) is 0 Å². The first kappa shape index (κ1) is 30.0. The molecule has 0 bridgehead atoms. The molecule has 0 spiro atoms. The highest BCUT2D eigenvalue weighted by Gasteiger charge is 2.27. The van der Waals surface area contributed by atoms with Gasteiger partial charge in [-0.3, -0.25) is 20.0 Å². The van der Waals surface area contributed by atoms with Gasteiger partial charge in [0, 0.05) is 24.1 Å². The molecular formula is C34H37N3O5. The van der Waals surface area contributed by atoms with Crippen molar-refractivity contribution < 1.29 is 23.8 Å². The summed E-state index contributed by atoms with van der Waals surface area (Å²) < 4.78 is 16.2. The lowest BCUT2D eigenvalue weighted by molar-refractivity contribution is -0.131. The van der Waals surface area contributed by atoms with Crippen molar-refractivity contribution in [2.45, 2.75) is 26.3 Å². The Balaban J connectivity index is 1.59. The van der Waals surface area contributed by atoms with Crippen LogP contribution in [0.4, 0.5) is 5.69 Å². The summed E-state index contributed by atoms with van der Waals surface area (Å²) in [6.45, 7) is 4.19. The number of likely N-dealkylation sites (N-methyl/N-ethyl adjacent to an activating group) is 1. The summed E-state index contributed by atoms with van der Waals surface area (Å²) in [5, 5.41) is 4.49. The second-order valence-electron chi connectivity index (χ2n) is 9.79. The van der Waals surface area contributed by atoms with E-state index >= 15 is 0 Å². The number of aryl methyl sites for hydroxylation is 1. The van der Waals surface area contributed by atoms with E-state index in [1.165, 1.54) is 5.01 Å². The van der Waals surface area contributed by atoms with Gasteiger partial charge in [-0.25, -0.2) is 0 Å². The molecule has 0 aliphatic carbocycles. The summed E-state index contributed by atoms with van der Waals surface area (Å²) in [5.74, 6) is 1.60. The fourth-order valence-corrected chi connectivity index (χ4v) is 4.62. The lowest BCUT2D eigenvalue weighted by atomic mass is 9.99. The number of methoxy groups -OCH3 is 3. The van der Waals surface area contributed by atoms with Crippen molar-refractivity contribution in [3.8, 4) is 28.4 Å². The van der Waals surface area contributed by atoms with Crippen LogP contribution < -0.4 is 25.0 Å². The van der Waals surface area contributed by atoms with Crippen LogP contribution in [0.1, 0.15) is 28.4 Å². The number of rotatable bonds is 12. The minimum absolute atomic E-state index is 0.257. The zero-order valence-electron chi connectivity index (χ0n) is 24.6. The maximum atomic E-state index is 13.9. The number of carbonyl (C=O) groups is 2. The van der Waals surface area contributed by atoms with Crippen LogP contribution in [-0.4, -0.2) is 50.7 Å². The molecule has 42 heavy (non-hydrogen) atoms. The monoisotopic (exact) mass is 567 g/mol. The fraction of sp³-hybridized carbons (Fsp3) is 0.235. The van der Waals surface area contributed by atoms with E-state index in [1.807, 2.05) is 92.7 Å². The first-order valence-corrected chi connectivity index (χ1v) is 13.8. The topological polar surface area (TPSA) is 89.1 Å². The van der Waals surface area contributed by atoms with E-state index in [4.69, 9.17) is 14.2 Å². The third-order valence-corrected chi connectivity index (χ3v) is 6.93. The van der Waals surface area contributed by atoms with E-state index < -0.39 is 6.04 Å². The zero-order chi connectivity index (χ0) is 30.1. The number of hydrazine groups is 1. The average Bonchev–Trinajstić information content (AvgIpc) is 3.03. The summed E-state index contributed by atoms with van der Waals surface area (Å²) in [6.07, 6.45) is 0.298. The first-order chi connectivity index (χ1) is 20.3. The molecule has 0 saturated heterocycles. The Bertz CT molecular complexity index is 1500. The zero-order valence-corrected chi connectivity index (χ0v) is 24.6. The highest BCUT2D eigenvalue weighted by molar-refractivity contribution is 5.98. The molecule has 0 heterocycles. The minimum Gasteiger partial charge on any atom is -0.497 e. The van der Waals surface area contributed by atoms with Gasteiger partial charge in [0.05, 0.1) is 27.0 Å². The predicted molar refractivity (Wildman–Crippen MR) is 165 cm³/mol. The molecule has 218 valence electrons. The Hall–Kier alpha value is -4.98. The Morgan fingerprint density at radius 2 is 1.50 bits per heavy atom. The molecule has 8 heteroatoms. The lowest BCUT2D eigenvalue weighted by Crippen LogP contribution is -2.51. The fourth-order valence-electron chi connectivity index (χ4n) is 4.62. The van der Waals surface area contributed by atoms with Gasteiger partial charge in [0.15, 0.2) is 0 Å². The standard InChI is InChI=1S/C34H37N3O5/c1-6-37(36-27-14-16-28(40-3)17-15-27)34(39)31(35-33(38)26-9-7-8-23(2)20-26)21-24-10-12-25(13-11-24)30-22-29(41-4)18-19-32(30)42-5/h7-20,22,31,36H,6,21H2,1-5H3,(H,35,38). The Labute approximate surface area is 247 Å². The maximum Gasteiger partial charge on any atom is 0.263 e. The van der Waals surface area contributed by atoms with Gasteiger partial charge < -0.3 is 19.5 Å². The number of benzene rings is 4. The average molecular weight is 568 g/mol. The van der Waals surface area contributed by atoms with Crippen LogP contribution in [0.15, 0.2) is 91.0 Å². The SMILES string of the molecule is CCN(Nc1ccc(OC)cc1)C(=O)C(Cc1ccc(-c2cc(OC)ccc2OC)cc1)NC(=O)c1cccc(C)c1. The van der Waals surface area contributed by atoms with Gasteiger partial charge in [0.2, 0.25) is 0 Å². The third-order valence-electron chi connectivity index (χ3n) is 6.93. The Morgan fingerprint density at radius 1 is 0.810 bits per heavy atom. The number of amides is 2. The molecule has 0 radical (unpaired) electrons. The normalized spacial score (nSPS) is 11.3. The molecule has 0 fully saturated rings. The van der Waals surface area contributed by atoms with Gasteiger partial charge in [0.1, 0.15) is 23.3 Å². The molecule has 2 N–H and O–H groups in total. The Kier molecular flexibility index (Phi) is 10.1. The van der Waals surface area contributed by atoms with Gasteiger partial charge in [-0.2, -0.15) is 0 Å². The first-order valence-electron chi connectivity index (χ1n) is 13.8. The largest absolute Gasteiger partial charge is 0.497 e. The number of ether oxygens (including phenoxy) is 3. The second-order valence-corrected chi connectivity index (χ2v) is 9.79. The number of hydrogen-bond acceptors (Lipinski definition) is 6. The highest BCUT2D eigenvalue weighted by Crippen LogP contribution is 2.33. The van der Waals surface area contributed by atoms with Gasteiger partial charge in [-0.05, 0) is 79.6 Å². The Morgan fingerprint density at radius 3 is 2.12 bits per heavy atom. The van der Waals surface area contributed by atoms with Crippen molar-refractivity contribution in [2.75, 3.05) is 33.3 Å². The summed E-state index contributed by atoms with van der Waals surface area (Å²) in [6, 6.07) is 27.3. The minimum atomic E-state index is -0.819. The van der Waals surface area contributed by atoms with E-state index in [9.17, 15) is 9.59 Å². The summed E-state index contributed by atoms with van der Waals surface area (Å²) in [5.41, 5.74) is 8.09. The van der Waals surface area contributed by atoms with Crippen molar-refractivity contribution in [3.05, 3.63) is 108 Å². The molecule has 0 saturated carbocycles. The molecule has 8 nitrogen and oxygen atoms in total. The molecule has 0 aliphatic heterocycles. The number of hydrogen-bond donors (Lipinski definition) is 2. The van der Waals surface area contributed by atoms with Crippen molar-refractivity contribution >= 4 is 17.5 Å². The molecule has 0 aromatic heterocycles. The predicted octanol–water partition coefficient (Wildman–Crippen LogP) is 5.90. The van der Waals surface area contributed by atoms with E-state index in [0.29, 0.717) is 24.3 Å². The van der Waals surface area contributed by atoms with Crippen LogP contribution in [0.3, 0.4) is 0 Å². The van der Waals surface area contributed by atoms with Gasteiger partial charge >= 0.3 is 0 Å². The smallest absolute Gasteiger partial charge is 0.263 e. The van der Waals surface area contributed by atoms with Crippen molar-refractivity contribution in [1.82, 2.24) is 10.3 Å². The van der Waals surface area contributed by atoms with Crippen molar-refractivity contribution in [2.24, 2.45) is 0 Å². The number of carbonyl (C=O) groups excluding carboxylic acids is 2. The van der Waals surface area contributed by atoms with Crippen LogP contribution in [0.5, 0.6) is 17.2 Å². The quantitative estimate of drug-likeness (QED) is 0.207.